The number of hydrogen-bond donors (Lipinski definition) is 1. The van der Waals surface area contributed by atoms with Crippen LogP contribution in [0.1, 0.15) is 17.5 Å². The largest absolute Gasteiger partial charge is 0.265 e. The van der Waals surface area contributed by atoms with E-state index < -0.39 is 0 Å². The van der Waals surface area contributed by atoms with Crippen molar-refractivity contribution in [1.82, 2.24) is 10.2 Å². The van der Waals surface area contributed by atoms with Crippen LogP contribution in [0.5, 0.6) is 0 Å². The molecule has 0 saturated heterocycles. The maximum Gasteiger partial charge on any atom is 0.176 e. The SMILES string of the molecule is C(=N/Nc1nncc2ccccc12)/c1ccc(N2CCC(c3ccccc3)=N2)cc1. The predicted octanol–water partition coefficient (Wildman–Crippen LogP) is 4.69. The van der Waals surface area contributed by atoms with Gasteiger partial charge in [0.25, 0.3) is 0 Å². The van der Waals surface area contributed by atoms with Crippen LogP contribution in [0.4, 0.5) is 11.5 Å². The van der Waals surface area contributed by atoms with Crippen LogP contribution in [0.2, 0.25) is 0 Å². The Labute approximate surface area is 174 Å². The van der Waals surface area contributed by atoms with E-state index in [4.69, 9.17) is 5.10 Å². The molecular weight excluding hydrogens is 372 g/mol. The van der Waals surface area contributed by atoms with Crippen molar-refractivity contribution in [2.45, 2.75) is 6.42 Å². The topological polar surface area (TPSA) is 65.8 Å². The summed E-state index contributed by atoms with van der Waals surface area (Å²) in [6.45, 7) is 0.888. The first-order valence-electron chi connectivity index (χ1n) is 9.87. The Hall–Kier alpha value is -4.06. The van der Waals surface area contributed by atoms with E-state index in [1.54, 1.807) is 12.4 Å². The molecule has 1 aliphatic rings. The van der Waals surface area contributed by atoms with E-state index >= 15 is 0 Å². The summed E-state index contributed by atoms with van der Waals surface area (Å²) >= 11 is 0. The first-order valence-corrected chi connectivity index (χ1v) is 9.87. The molecule has 0 atom stereocenters. The van der Waals surface area contributed by atoms with E-state index in [-0.39, 0.29) is 0 Å². The van der Waals surface area contributed by atoms with Gasteiger partial charge >= 0.3 is 0 Å². The lowest BCUT2D eigenvalue weighted by atomic mass is 10.1. The predicted molar refractivity (Wildman–Crippen MR) is 122 cm³/mol. The molecule has 3 aromatic carbocycles. The third kappa shape index (κ3) is 3.75. The van der Waals surface area contributed by atoms with Crippen LogP contribution >= 0.6 is 0 Å². The second kappa shape index (κ2) is 8.13. The molecule has 6 heteroatoms. The van der Waals surface area contributed by atoms with E-state index in [2.05, 4.69) is 45.0 Å². The number of nitrogens with zero attached hydrogens (tertiary/aromatic N) is 5. The van der Waals surface area contributed by atoms with E-state index in [0.717, 1.165) is 40.7 Å². The van der Waals surface area contributed by atoms with Gasteiger partial charge in [-0.1, -0.05) is 66.7 Å². The van der Waals surface area contributed by atoms with Crippen molar-refractivity contribution < 1.29 is 0 Å². The minimum atomic E-state index is 0.640. The van der Waals surface area contributed by atoms with Gasteiger partial charge in [-0.3, -0.25) is 10.4 Å². The van der Waals surface area contributed by atoms with Crippen LogP contribution in [0, 0.1) is 0 Å². The Morgan fingerprint density at radius 2 is 1.70 bits per heavy atom. The van der Waals surface area contributed by atoms with Gasteiger partial charge in [0, 0.05) is 23.7 Å². The third-order valence-electron chi connectivity index (χ3n) is 5.05. The highest BCUT2D eigenvalue weighted by molar-refractivity contribution is 6.02. The number of anilines is 2. The first-order chi connectivity index (χ1) is 14.9. The number of benzene rings is 3. The molecule has 4 aromatic rings. The van der Waals surface area contributed by atoms with Gasteiger partial charge in [0.05, 0.1) is 23.8 Å². The number of hydrogen-bond acceptors (Lipinski definition) is 6. The zero-order chi connectivity index (χ0) is 20.2. The van der Waals surface area contributed by atoms with E-state index in [9.17, 15) is 0 Å². The van der Waals surface area contributed by atoms with Gasteiger partial charge in [-0.15, -0.1) is 5.10 Å². The minimum absolute atomic E-state index is 0.640. The smallest absolute Gasteiger partial charge is 0.176 e. The molecule has 1 aliphatic heterocycles. The zero-order valence-corrected chi connectivity index (χ0v) is 16.3. The van der Waals surface area contributed by atoms with Crippen molar-refractivity contribution >= 4 is 34.2 Å². The fraction of sp³-hybridized carbons (Fsp3) is 0.0833. The van der Waals surface area contributed by atoms with Crippen LogP contribution in [0.3, 0.4) is 0 Å². The Bertz CT molecular complexity index is 1210. The van der Waals surface area contributed by atoms with Gasteiger partial charge < -0.3 is 0 Å². The number of rotatable bonds is 5. The monoisotopic (exact) mass is 392 g/mol. The highest BCUT2D eigenvalue weighted by atomic mass is 15.5. The number of hydrazone groups is 2. The lowest BCUT2D eigenvalue weighted by Crippen LogP contribution is -2.11. The Morgan fingerprint density at radius 1 is 0.900 bits per heavy atom. The van der Waals surface area contributed by atoms with Gasteiger partial charge in [0.1, 0.15) is 0 Å². The zero-order valence-electron chi connectivity index (χ0n) is 16.3. The van der Waals surface area contributed by atoms with Gasteiger partial charge in [-0.2, -0.15) is 15.3 Å². The summed E-state index contributed by atoms with van der Waals surface area (Å²) < 4.78 is 0. The molecule has 0 amide bonds. The summed E-state index contributed by atoms with van der Waals surface area (Å²) in [5, 5.41) is 21.3. The van der Waals surface area contributed by atoms with E-state index in [1.807, 2.05) is 59.6 Å². The molecule has 0 fully saturated rings. The van der Waals surface area contributed by atoms with Crippen molar-refractivity contribution in [2.75, 3.05) is 17.0 Å². The third-order valence-corrected chi connectivity index (χ3v) is 5.05. The van der Waals surface area contributed by atoms with Crippen LogP contribution in [0.25, 0.3) is 10.8 Å². The minimum Gasteiger partial charge on any atom is -0.265 e. The Balaban J connectivity index is 1.27. The summed E-state index contributed by atoms with van der Waals surface area (Å²) in [5.41, 5.74) is 7.37. The average molecular weight is 392 g/mol. The molecular formula is C24H20N6. The molecule has 146 valence electrons. The summed E-state index contributed by atoms with van der Waals surface area (Å²) in [5.74, 6) is 0.640. The molecule has 1 aromatic heterocycles. The normalized spacial score (nSPS) is 13.7. The molecule has 6 nitrogen and oxygen atoms in total. The Morgan fingerprint density at radius 3 is 2.57 bits per heavy atom. The summed E-state index contributed by atoms with van der Waals surface area (Å²) in [6, 6.07) is 26.5. The number of aromatic nitrogens is 2. The molecule has 2 heterocycles. The van der Waals surface area contributed by atoms with E-state index in [0.29, 0.717) is 5.82 Å². The highest BCUT2D eigenvalue weighted by Gasteiger charge is 2.16. The van der Waals surface area contributed by atoms with Crippen molar-refractivity contribution in [1.29, 1.82) is 0 Å². The first kappa shape index (κ1) is 18.0. The Kier molecular flexibility index (Phi) is 4.88. The lowest BCUT2D eigenvalue weighted by molar-refractivity contribution is 0.922. The van der Waals surface area contributed by atoms with Gasteiger partial charge in [0.15, 0.2) is 5.82 Å². The summed E-state index contributed by atoms with van der Waals surface area (Å²) in [4.78, 5) is 0. The van der Waals surface area contributed by atoms with E-state index in [1.165, 1.54) is 5.56 Å². The molecule has 0 saturated carbocycles. The highest BCUT2D eigenvalue weighted by Crippen LogP contribution is 2.22. The number of fused-ring (bicyclic) bond motifs is 1. The summed E-state index contributed by atoms with van der Waals surface area (Å²) in [7, 11) is 0. The number of nitrogens with one attached hydrogen (secondary N) is 1. The van der Waals surface area contributed by atoms with Crippen LogP contribution in [-0.2, 0) is 0 Å². The summed E-state index contributed by atoms with van der Waals surface area (Å²) in [6.07, 6.45) is 4.46. The fourth-order valence-electron chi connectivity index (χ4n) is 3.49. The quantitative estimate of drug-likeness (QED) is 0.395. The van der Waals surface area contributed by atoms with Crippen molar-refractivity contribution in [3.8, 4) is 0 Å². The van der Waals surface area contributed by atoms with Gasteiger partial charge in [-0.25, -0.2) is 0 Å². The van der Waals surface area contributed by atoms with Crippen LogP contribution in [-0.4, -0.2) is 28.7 Å². The molecule has 0 spiro atoms. The lowest BCUT2D eigenvalue weighted by Gasteiger charge is -2.13. The van der Waals surface area contributed by atoms with Gasteiger partial charge in [-0.05, 0) is 23.3 Å². The molecule has 0 radical (unpaired) electrons. The standard InChI is InChI=1S/C24H20N6/c1-2-6-19(7-3-1)23-14-15-30(29-23)21-12-10-18(11-13-21)16-25-27-24-22-9-5-4-8-20(22)17-26-28-24/h1-13,16-17H,14-15H2,(H,27,28)/b25-16-. The molecule has 0 aliphatic carbocycles. The fourth-order valence-corrected chi connectivity index (χ4v) is 3.49. The van der Waals surface area contributed by atoms with Crippen LogP contribution < -0.4 is 10.4 Å². The average Bonchev–Trinajstić information content (AvgIpc) is 3.31. The maximum atomic E-state index is 4.78. The van der Waals surface area contributed by atoms with Crippen molar-refractivity contribution in [3.05, 3.63) is 96.2 Å². The van der Waals surface area contributed by atoms with Gasteiger partial charge in [0.2, 0.25) is 0 Å². The molecule has 0 bridgehead atoms. The van der Waals surface area contributed by atoms with Crippen molar-refractivity contribution in [2.24, 2.45) is 10.2 Å². The molecule has 1 N–H and O–H groups in total. The molecule has 0 unspecified atom stereocenters. The van der Waals surface area contributed by atoms with Crippen LogP contribution in [0.15, 0.2) is 95.3 Å². The van der Waals surface area contributed by atoms with Crippen molar-refractivity contribution in [3.63, 3.8) is 0 Å². The second-order valence-electron chi connectivity index (χ2n) is 7.03. The molecule has 30 heavy (non-hydrogen) atoms. The second-order valence-corrected chi connectivity index (χ2v) is 7.03. The molecule has 5 rings (SSSR count). The maximum absolute atomic E-state index is 4.78.